The second kappa shape index (κ2) is 5.74. The van der Waals surface area contributed by atoms with Crippen LogP contribution in [0.3, 0.4) is 0 Å². The van der Waals surface area contributed by atoms with Crippen LogP contribution in [-0.4, -0.2) is 29.4 Å². The van der Waals surface area contributed by atoms with Crippen LogP contribution in [0.4, 0.5) is 0 Å². The van der Waals surface area contributed by atoms with E-state index in [4.69, 9.17) is 14.4 Å². The number of carbonyl (C=O) groups is 1. The molecule has 6 heteroatoms. The van der Waals surface area contributed by atoms with Crippen LogP contribution in [-0.2, 0) is 20.5 Å². The SMILES string of the molecule is CC1(C)OB(c2ccc(CCC(=O)O)c(Br)c2)OC1(C)C. The van der Waals surface area contributed by atoms with Crippen LogP contribution in [0.5, 0.6) is 0 Å². The lowest BCUT2D eigenvalue weighted by molar-refractivity contribution is -0.136. The van der Waals surface area contributed by atoms with Crippen LogP contribution >= 0.6 is 15.9 Å². The summed E-state index contributed by atoms with van der Waals surface area (Å²) in [6.45, 7) is 8.07. The average molecular weight is 355 g/mol. The van der Waals surface area contributed by atoms with E-state index in [0.717, 1.165) is 15.5 Å². The summed E-state index contributed by atoms with van der Waals surface area (Å²) in [5, 5.41) is 8.75. The van der Waals surface area contributed by atoms with E-state index in [-0.39, 0.29) is 17.6 Å². The van der Waals surface area contributed by atoms with Gasteiger partial charge < -0.3 is 14.4 Å². The number of carboxylic acid groups (broad SMARTS) is 1. The molecule has 1 aromatic carbocycles. The van der Waals surface area contributed by atoms with Crippen molar-refractivity contribution >= 4 is 34.5 Å². The topological polar surface area (TPSA) is 55.8 Å². The molecule has 4 nitrogen and oxygen atoms in total. The second-order valence-corrected chi connectivity index (χ2v) is 7.19. The fourth-order valence-electron chi connectivity index (χ4n) is 2.13. The van der Waals surface area contributed by atoms with E-state index >= 15 is 0 Å². The quantitative estimate of drug-likeness (QED) is 0.844. The maximum Gasteiger partial charge on any atom is 0.494 e. The highest BCUT2D eigenvalue weighted by Gasteiger charge is 2.51. The standard InChI is InChI=1S/C15H20BBrO4/c1-14(2)15(3,4)21-16(20-14)11-7-5-10(12(17)9-11)6-8-13(18)19/h5,7,9H,6,8H2,1-4H3,(H,18,19). The molecule has 1 heterocycles. The van der Waals surface area contributed by atoms with Crippen LogP contribution in [0.1, 0.15) is 39.7 Å². The van der Waals surface area contributed by atoms with Crippen LogP contribution in [0.25, 0.3) is 0 Å². The average Bonchev–Trinajstić information content (AvgIpc) is 2.56. The van der Waals surface area contributed by atoms with Gasteiger partial charge in [0, 0.05) is 10.9 Å². The van der Waals surface area contributed by atoms with Crippen molar-refractivity contribution in [2.45, 2.75) is 51.7 Å². The molecule has 114 valence electrons. The van der Waals surface area contributed by atoms with Gasteiger partial charge in [-0.05, 0) is 51.2 Å². The number of halogens is 1. The Morgan fingerprint density at radius 3 is 2.29 bits per heavy atom. The number of aliphatic carboxylic acids is 1. The van der Waals surface area contributed by atoms with Crippen molar-refractivity contribution in [3.8, 4) is 0 Å². The number of rotatable bonds is 4. The van der Waals surface area contributed by atoms with E-state index < -0.39 is 13.1 Å². The molecule has 0 spiro atoms. The molecule has 1 fully saturated rings. The minimum absolute atomic E-state index is 0.119. The second-order valence-electron chi connectivity index (χ2n) is 6.33. The Morgan fingerprint density at radius 1 is 1.24 bits per heavy atom. The lowest BCUT2D eigenvalue weighted by Crippen LogP contribution is -2.41. The minimum Gasteiger partial charge on any atom is -0.481 e. The third-order valence-electron chi connectivity index (χ3n) is 4.21. The van der Waals surface area contributed by atoms with Gasteiger partial charge in [0.15, 0.2) is 0 Å². The monoisotopic (exact) mass is 354 g/mol. The molecule has 1 saturated heterocycles. The summed E-state index contributed by atoms with van der Waals surface area (Å²) in [7, 11) is -0.403. The van der Waals surface area contributed by atoms with E-state index in [0.29, 0.717) is 6.42 Å². The Morgan fingerprint density at radius 2 is 1.81 bits per heavy atom. The zero-order valence-electron chi connectivity index (χ0n) is 12.8. The molecule has 21 heavy (non-hydrogen) atoms. The summed E-state index contributed by atoms with van der Waals surface area (Å²) in [6, 6.07) is 5.80. The van der Waals surface area contributed by atoms with Gasteiger partial charge in [0.25, 0.3) is 0 Å². The summed E-state index contributed by atoms with van der Waals surface area (Å²) in [4.78, 5) is 10.6. The number of carboxylic acids is 1. The van der Waals surface area contributed by atoms with E-state index in [1.165, 1.54) is 0 Å². The molecule has 0 bridgehead atoms. The van der Waals surface area contributed by atoms with Gasteiger partial charge in [0.1, 0.15) is 0 Å². The summed E-state index contributed by atoms with van der Waals surface area (Å²) in [5.41, 5.74) is 1.16. The highest BCUT2D eigenvalue weighted by molar-refractivity contribution is 9.10. The number of hydrogen-bond acceptors (Lipinski definition) is 3. The zero-order valence-corrected chi connectivity index (χ0v) is 14.4. The van der Waals surface area contributed by atoms with Crippen LogP contribution < -0.4 is 5.46 Å². The van der Waals surface area contributed by atoms with Crippen molar-refractivity contribution < 1.29 is 19.2 Å². The summed E-state index contributed by atoms with van der Waals surface area (Å²) < 4.78 is 12.9. The van der Waals surface area contributed by atoms with Crippen molar-refractivity contribution in [2.75, 3.05) is 0 Å². The molecule has 0 radical (unpaired) electrons. The highest BCUT2D eigenvalue weighted by atomic mass is 79.9. The minimum atomic E-state index is -0.795. The Hall–Kier alpha value is -0.845. The number of benzene rings is 1. The molecular formula is C15H20BBrO4. The van der Waals surface area contributed by atoms with Gasteiger partial charge in [-0.1, -0.05) is 28.1 Å². The summed E-state index contributed by atoms with van der Waals surface area (Å²) >= 11 is 3.50. The maximum absolute atomic E-state index is 10.6. The first-order valence-corrected chi connectivity index (χ1v) is 7.77. The first-order chi connectivity index (χ1) is 9.62. The lowest BCUT2D eigenvalue weighted by atomic mass is 9.78. The molecule has 0 saturated carbocycles. The summed E-state index contributed by atoms with van der Waals surface area (Å²) in [5.74, 6) is -0.795. The van der Waals surface area contributed by atoms with Crippen LogP contribution in [0.2, 0.25) is 0 Å². The van der Waals surface area contributed by atoms with E-state index in [1.54, 1.807) is 0 Å². The fraction of sp³-hybridized carbons (Fsp3) is 0.533. The number of hydrogen-bond donors (Lipinski definition) is 1. The highest BCUT2D eigenvalue weighted by Crippen LogP contribution is 2.36. The van der Waals surface area contributed by atoms with Crippen LogP contribution in [0.15, 0.2) is 22.7 Å². The Kier molecular flexibility index (Phi) is 4.52. The molecule has 0 amide bonds. The van der Waals surface area contributed by atoms with Gasteiger partial charge in [-0.3, -0.25) is 4.79 Å². The van der Waals surface area contributed by atoms with E-state index in [2.05, 4.69) is 15.9 Å². The number of aryl methyl sites for hydroxylation is 1. The molecule has 0 aromatic heterocycles. The third-order valence-corrected chi connectivity index (χ3v) is 4.95. The van der Waals surface area contributed by atoms with E-state index in [1.807, 2.05) is 45.9 Å². The van der Waals surface area contributed by atoms with Crippen molar-refractivity contribution in [1.29, 1.82) is 0 Å². The van der Waals surface area contributed by atoms with Crippen LogP contribution in [0, 0.1) is 0 Å². The molecule has 2 rings (SSSR count). The van der Waals surface area contributed by atoms with E-state index in [9.17, 15) is 4.79 Å². The van der Waals surface area contributed by atoms with Crippen molar-refractivity contribution in [1.82, 2.24) is 0 Å². The molecule has 1 aliphatic heterocycles. The Labute approximate surface area is 134 Å². The third kappa shape index (κ3) is 3.50. The van der Waals surface area contributed by atoms with Crippen molar-refractivity contribution in [2.24, 2.45) is 0 Å². The normalized spacial score (nSPS) is 19.8. The maximum atomic E-state index is 10.6. The van der Waals surface area contributed by atoms with Crippen molar-refractivity contribution in [3.63, 3.8) is 0 Å². The molecule has 1 N–H and O–H groups in total. The molecule has 0 unspecified atom stereocenters. The molecular weight excluding hydrogens is 335 g/mol. The van der Waals surface area contributed by atoms with Gasteiger partial charge in [0.2, 0.25) is 0 Å². The molecule has 1 aliphatic rings. The lowest BCUT2D eigenvalue weighted by Gasteiger charge is -2.32. The smallest absolute Gasteiger partial charge is 0.481 e. The van der Waals surface area contributed by atoms with Crippen molar-refractivity contribution in [3.05, 3.63) is 28.2 Å². The largest absolute Gasteiger partial charge is 0.494 e. The zero-order chi connectivity index (χ0) is 15.8. The first-order valence-electron chi connectivity index (χ1n) is 6.98. The Bertz CT molecular complexity index is 541. The van der Waals surface area contributed by atoms with Gasteiger partial charge in [-0.25, -0.2) is 0 Å². The predicted molar refractivity (Wildman–Crippen MR) is 85.8 cm³/mol. The van der Waals surface area contributed by atoms with Gasteiger partial charge >= 0.3 is 13.1 Å². The van der Waals surface area contributed by atoms with Gasteiger partial charge in [0.05, 0.1) is 11.2 Å². The Balaban J connectivity index is 2.16. The molecule has 0 atom stereocenters. The van der Waals surface area contributed by atoms with Gasteiger partial charge in [-0.2, -0.15) is 0 Å². The molecule has 1 aromatic rings. The predicted octanol–water partition coefficient (Wildman–Crippen LogP) is 2.77. The first kappa shape index (κ1) is 16.5. The summed E-state index contributed by atoms with van der Waals surface area (Å²) in [6.07, 6.45) is 0.619. The molecule has 0 aliphatic carbocycles. The van der Waals surface area contributed by atoms with Gasteiger partial charge in [-0.15, -0.1) is 0 Å². The fourth-order valence-corrected chi connectivity index (χ4v) is 2.73.